The summed E-state index contributed by atoms with van der Waals surface area (Å²) in [4.78, 5) is 28.0. The smallest absolute Gasteiger partial charge is 0.278 e. The van der Waals surface area contributed by atoms with E-state index in [0.717, 1.165) is 18.4 Å². The summed E-state index contributed by atoms with van der Waals surface area (Å²) in [5.74, 6) is -1.29. The Labute approximate surface area is 199 Å². The first-order chi connectivity index (χ1) is 16.4. The quantitative estimate of drug-likeness (QED) is 0.572. The molecule has 0 spiro atoms. The third-order valence-electron chi connectivity index (χ3n) is 6.34. The number of carbonyl (C=O) groups is 1. The molecule has 1 aromatic carbocycles. The topological polar surface area (TPSA) is 101 Å². The van der Waals surface area contributed by atoms with Crippen molar-refractivity contribution in [2.45, 2.75) is 38.4 Å². The molecule has 0 bridgehead atoms. The van der Waals surface area contributed by atoms with E-state index in [1.54, 1.807) is 35.0 Å². The highest BCUT2D eigenvalue weighted by Crippen LogP contribution is 2.35. The van der Waals surface area contributed by atoms with Gasteiger partial charge in [0.05, 0.1) is 18.2 Å². The van der Waals surface area contributed by atoms with Crippen molar-refractivity contribution in [1.82, 2.24) is 19.8 Å². The molecule has 178 valence electrons. The average Bonchev–Trinajstić information content (AvgIpc) is 3.45. The average molecular weight is 486 g/mol. The van der Waals surface area contributed by atoms with Gasteiger partial charge < -0.3 is 14.7 Å². The molecule has 2 aliphatic heterocycles. The number of fused-ring (bicyclic) bond motifs is 3. The molecule has 2 atom stereocenters. The van der Waals surface area contributed by atoms with E-state index in [1.807, 2.05) is 11.9 Å². The van der Waals surface area contributed by atoms with E-state index in [4.69, 9.17) is 4.74 Å². The molecule has 1 amide bonds. The Hall–Kier alpha value is -3.31. The van der Waals surface area contributed by atoms with Gasteiger partial charge in [0.15, 0.2) is 16.5 Å². The number of rotatable bonds is 6. The van der Waals surface area contributed by atoms with Crippen LogP contribution >= 0.6 is 11.3 Å². The van der Waals surface area contributed by atoms with Crippen molar-refractivity contribution in [2.75, 3.05) is 25.3 Å². The second-order valence-electron chi connectivity index (χ2n) is 8.36. The minimum atomic E-state index is -0.666. The molecule has 11 heteroatoms. The highest BCUT2D eigenvalue weighted by molar-refractivity contribution is 7.14. The van der Waals surface area contributed by atoms with Crippen molar-refractivity contribution < 1.29 is 19.0 Å². The van der Waals surface area contributed by atoms with Gasteiger partial charge in [-0.15, -0.1) is 10.2 Å². The monoisotopic (exact) mass is 485 g/mol. The Bertz CT molecular complexity index is 1290. The van der Waals surface area contributed by atoms with Crippen molar-refractivity contribution >= 4 is 17.2 Å². The number of methoxy groups -OCH3 is 1. The molecule has 0 aliphatic carbocycles. The van der Waals surface area contributed by atoms with E-state index < -0.39 is 11.2 Å². The van der Waals surface area contributed by atoms with E-state index in [2.05, 4.69) is 10.2 Å². The first-order valence-electron chi connectivity index (χ1n) is 11.1. The molecule has 1 saturated heterocycles. The summed E-state index contributed by atoms with van der Waals surface area (Å²) < 4.78 is 20.2. The Morgan fingerprint density at radius 1 is 1.21 bits per heavy atom. The first-order valence-corrected chi connectivity index (χ1v) is 11.9. The number of nitrogens with zero attached hydrogens (tertiary/aromatic N) is 5. The summed E-state index contributed by atoms with van der Waals surface area (Å²) in [7, 11) is 1.62. The highest BCUT2D eigenvalue weighted by atomic mass is 32.1. The van der Waals surface area contributed by atoms with Crippen LogP contribution in [0.15, 0.2) is 35.3 Å². The minimum Gasteiger partial charge on any atom is -0.502 e. The fourth-order valence-corrected chi connectivity index (χ4v) is 5.66. The molecule has 3 aromatic rings. The number of pyridine rings is 1. The Morgan fingerprint density at radius 2 is 1.97 bits per heavy atom. The number of ether oxygens (including phenoxy) is 1. The van der Waals surface area contributed by atoms with Crippen LogP contribution in [0.25, 0.3) is 10.6 Å². The molecule has 34 heavy (non-hydrogen) atoms. The van der Waals surface area contributed by atoms with Gasteiger partial charge in [-0.05, 0) is 37.5 Å². The van der Waals surface area contributed by atoms with Gasteiger partial charge in [-0.1, -0.05) is 23.5 Å². The largest absolute Gasteiger partial charge is 0.502 e. The number of amides is 1. The molecule has 9 nitrogen and oxygen atoms in total. The lowest BCUT2D eigenvalue weighted by atomic mass is 10.1. The highest BCUT2D eigenvalue weighted by Gasteiger charge is 2.46. The third kappa shape index (κ3) is 3.64. The first kappa shape index (κ1) is 22.5. The minimum absolute atomic E-state index is 0.0193. The predicted molar refractivity (Wildman–Crippen MR) is 124 cm³/mol. The normalized spacial score (nSPS) is 19.4. The van der Waals surface area contributed by atoms with Crippen LogP contribution in [0.3, 0.4) is 0 Å². The summed E-state index contributed by atoms with van der Waals surface area (Å²) in [5.41, 5.74) is 0.317. The van der Waals surface area contributed by atoms with E-state index in [-0.39, 0.29) is 35.2 Å². The Balaban J connectivity index is 1.57. The molecule has 1 N–H and O–H groups in total. The number of halogens is 1. The molecule has 2 aliphatic rings. The molecule has 0 unspecified atom stereocenters. The molecule has 2 aromatic heterocycles. The van der Waals surface area contributed by atoms with Crippen LogP contribution < -0.4 is 10.4 Å². The van der Waals surface area contributed by atoms with Crippen LogP contribution in [0.1, 0.15) is 40.8 Å². The maximum atomic E-state index is 13.2. The van der Waals surface area contributed by atoms with Crippen LogP contribution in [-0.2, 0) is 11.2 Å². The zero-order valence-corrected chi connectivity index (χ0v) is 19.6. The zero-order valence-electron chi connectivity index (χ0n) is 18.8. The van der Waals surface area contributed by atoms with E-state index in [9.17, 15) is 19.1 Å². The fourth-order valence-electron chi connectivity index (χ4n) is 4.78. The van der Waals surface area contributed by atoms with Crippen LogP contribution in [0.4, 0.5) is 4.39 Å². The zero-order chi connectivity index (χ0) is 24.0. The third-order valence-corrected chi connectivity index (χ3v) is 7.30. The molecular weight excluding hydrogens is 461 g/mol. The number of aromatic hydroxyl groups is 1. The second kappa shape index (κ2) is 8.80. The van der Waals surface area contributed by atoms with Crippen LogP contribution in [0.2, 0.25) is 0 Å². The molecule has 1 fully saturated rings. The summed E-state index contributed by atoms with van der Waals surface area (Å²) in [5, 5.41) is 22.2. The SMILES string of the molecule is CCN1C(=O)c2c(O)c(=O)c(-c3nnc(Cc4ccc(F)cc4)s3)cn2N2[C@H](COC)CC[C@@H]12. The number of benzene rings is 1. The van der Waals surface area contributed by atoms with Crippen molar-refractivity contribution in [3.8, 4) is 16.3 Å². The standard InChI is InChI=1S/C23H24FN5O4S/c1-3-27-18-9-8-15(12-33-2)29(18)28-11-16(20(30)21(31)19(28)23(27)32)22-26-25-17(34-22)10-13-4-6-14(24)7-5-13/h4-7,11,15,18,31H,3,8-10,12H2,1-2H3/t15-,18-/m0/s1. The Morgan fingerprint density at radius 3 is 2.68 bits per heavy atom. The molecule has 4 heterocycles. The van der Waals surface area contributed by atoms with Crippen LogP contribution in [-0.4, -0.2) is 63.3 Å². The maximum absolute atomic E-state index is 13.2. The summed E-state index contributed by atoms with van der Waals surface area (Å²) in [6.07, 6.45) is 3.39. The lowest BCUT2D eigenvalue weighted by Crippen LogP contribution is -2.61. The van der Waals surface area contributed by atoms with Gasteiger partial charge in [-0.25, -0.2) is 4.39 Å². The van der Waals surface area contributed by atoms with Crippen molar-refractivity contribution in [1.29, 1.82) is 0 Å². The van der Waals surface area contributed by atoms with Gasteiger partial charge in [0.1, 0.15) is 17.0 Å². The predicted octanol–water partition coefficient (Wildman–Crippen LogP) is 2.35. The van der Waals surface area contributed by atoms with Crippen molar-refractivity contribution in [3.05, 3.63) is 62.8 Å². The molecule has 5 rings (SSSR count). The fraction of sp³-hybridized carbons (Fsp3) is 0.391. The van der Waals surface area contributed by atoms with Gasteiger partial charge in [-0.2, -0.15) is 0 Å². The van der Waals surface area contributed by atoms with Gasteiger partial charge >= 0.3 is 0 Å². The lowest BCUT2D eigenvalue weighted by Gasteiger charge is -2.44. The van der Waals surface area contributed by atoms with Crippen LogP contribution in [0.5, 0.6) is 5.75 Å². The van der Waals surface area contributed by atoms with E-state index >= 15 is 0 Å². The van der Waals surface area contributed by atoms with Gasteiger partial charge in [0, 0.05) is 26.3 Å². The second-order valence-corrected chi connectivity index (χ2v) is 9.42. The molecule has 0 radical (unpaired) electrons. The van der Waals surface area contributed by atoms with Gasteiger partial charge in [-0.3, -0.25) is 19.3 Å². The molecule has 0 saturated carbocycles. The molecular formula is C23H24FN5O4S. The number of hydrogen-bond donors (Lipinski definition) is 1. The van der Waals surface area contributed by atoms with Gasteiger partial charge in [0.2, 0.25) is 5.43 Å². The Kier molecular flexibility index (Phi) is 5.82. The number of aromatic nitrogens is 3. The van der Waals surface area contributed by atoms with E-state index in [0.29, 0.717) is 29.6 Å². The lowest BCUT2D eigenvalue weighted by molar-refractivity contribution is 0.0586. The summed E-state index contributed by atoms with van der Waals surface area (Å²) in [6, 6.07) is 6.08. The van der Waals surface area contributed by atoms with Crippen molar-refractivity contribution in [2.24, 2.45) is 0 Å². The number of hydrogen-bond acceptors (Lipinski definition) is 8. The summed E-state index contributed by atoms with van der Waals surface area (Å²) in [6.45, 7) is 2.78. The number of carbonyl (C=O) groups excluding carboxylic acids is 1. The van der Waals surface area contributed by atoms with Crippen LogP contribution in [0, 0.1) is 5.82 Å². The maximum Gasteiger partial charge on any atom is 0.278 e. The van der Waals surface area contributed by atoms with Crippen molar-refractivity contribution in [3.63, 3.8) is 0 Å². The van der Waals surface area contributed by atoms with E-state index in [1.165, 1.54) is 23.5 Å². The summed E-state index contributed by atoms with van der Waals surface area (Å²) >= 11 is 1.22. The van der Waals surface area contributed by atoms with Gasteiger partial charge in [0.25, 0.3) is 5.91 Å².